The first-order valence-electron chi connectivity index (χ1n) is 5.75. The average Bonchev–Trinajstić information content (AvgIpc) is 2.82. The van der Waals surface area contributed by atoms with Crippen LogP contribution < -0.4 is 0 Å². The standard InChI is InChI=1S/C14H12N2O2/c17-12(10-5-7-15-8-6-10)9-14-16-11-3-1-2-4-13(11)18-14/h1-8,12,17H,9H2. The topological polar surface area (TPSA) is 59.2 Å². The molecular formula is C14H12N2O2. The number of hydrogen-bond acceptors (Lipinski definition) is 4. The molecular weight excluding hydrogens is 228 g/mol. The molecule has 0 aliphatic heterocycles. The maximum atomic E-state index is 10.1. The third-order valence-electron chi connectivity index (χ3n) is 2.80. The first-order chi connectivity index (χ1) is 8.83. The molecule has 0 saturated carbocycles. The zero-order valence-electron chi connectivity index (χ0n) is 9.65. The SMILES string of the molecule is OC(Cc1nc2ccccc2o1)c1ccncc1. The third-order valence-corrected chi connectivity index (χ3v) is 2.80. The van der Waals surface area contributed by atoms with Gasteiger partial charge in [0.25, 0.3) is 0 Å². The fraction of sp³-hybridized carbons (Fsp3) is 0.143. The summed E-state index contributed by atoms with van der Waals surface area (Å²) in [6.45, 7) is 0. The summed E-state index contributed by atoms with van der Waals surface area (Å²) in [7, 11) is 0. The number of pyridine rings is 1. The van der Waals surface area contributed by atoms with Gasteiger partial charge in [0, 0.05) is 12.4 Å². The molecule has 3 rings (SSSR count). The largest absolute Gasteiger partial charge is 0.441 e. The summed E-state index contributed by atoms with van der Waals surface area (Å²) in [6.07, 6.45) is 3.05. The van der Waals surface area contributed by atoms with Crippen LogP contribution in [-0.2, 0) is 6.42 Å². The van der Waals surface area contributed by atoms with Crippen molar-refractivity contribution in [1.29, 1.82) is 0 Å². The maximum Gasteiger partial charge on any atom is 0.198 e. The van der Waals surface area contributed by atoms with Crippen LogP contribution in [0.25, 0.3) is 11.1 Å². The van der Waals surface area contributed by atoms with Gasteiger partial charge in [0.1, 0.15) is 5.52 Å². The van der Waals surface area contributed by atoms with E-state index in [4.69, 9.17) is 4.42 Å². The summed E-state index contributed by atoms with van der Waals surface area (Å²) in [5.74, 6) is 0.542. The van der Waals surface area contributed by atoms with Crippen LogP contribution in [-0.4, -0.2) is 15.1 Å². The molecule has 0 aliphatic carbocycles. The highest BCUT2D eigenvalue weighted by Crippen LogP contribution is 2.20. The molecule has 0 fully saturated rings. The van der Waals surface area contributed by atoms with Crippen LogP contribution in [0.5, 0.6) is 0 Å². The highest BCUT2D eigenvalue weighted by molar-refractivity contribution is 5.72. The first kappa shape index (κ1) is 10.9. The van der Waals surface area contributed by atoms with E-state index in [0.717, 1.165) is 16.7 Å². The van der Waals surface area contributed by atoms with E-state index < -0.39 is 6.10 Å². The fourth-order valence-electron chi connectivity index (χ4n) is 1.88. The van der Waals surface area contributed by atoms with Crippen molar-refractivity contribution >= 4 is 11.1 Å². The zero-order valence-corrected chi connectivity index (χ0v) is 9.65. The van der Waals surface area contributed by atoms with Gasteiger partial charge < -0.3 is 9.52 Å². The van der Waals surface area contributed by atoms with E-state index >= 15 is 0 Å². The molecule has 1 aromatic carbocycles. The van der Waals surface area contributed by atoms with Crippen molar-refractivity contribution in [2.45, 2.75) is 12.5 Å². The minimum Gasteiger partial charge on any atom is -0.441 e. The Morgan fingerprint density at radius 2 is 1.89 bits per heavy atom. The third kappa shape index (κ3) is 2.10. The second kappa shape index (κ2) is 4.58. The fourth-order valence-corrected chi connectivity index (χ4v) is 1.88. The highest BCUT2D eigenvalue weighted by atomic mass is 16.4. The number of aromatic nitrogens is 2. The molecule has 4 nitrogen and oxygen atoms in total. The highest BCUT2D eigenvalue weighted by Gasteiger charge is 2.13. The molecule has 0 spiro atoms. The second-order valence-corrected chi connectivity index (χ2v) is 4.08. The van der Waals surface area contributed by atoms with Crippen molar-refractivity contribution in [3.8, 4) is 0 Å². The van der Waals surface area contributed by atoms with E-state index in [0.29, 0.717) is 12.3 Å². The number of para-hydroxylation sites is 2. The molecule has 0 aliphatic rings. The summed E-state index contributed by atoms with van der Waals surface area (Å²) >= 11 is 0. The van der Waals surface area contributed by atoms with Crippen molar-refractivity contribution in [3.05, 3.63) is 60.2 Å². The van der Waals surface area contributed by atoms with Gasteiger partial charge in [-0.25, -0.2) is 4.98 Å². The normalized spacial score (nSPS) is 12.7. The van der Waals surface area contributed by atoms with E-state index in [2.05, 4.69) is 9.97 Å². The Kier molecular flexibility index (Phi) is 2.78. The lowest BCUT2D eigenvalue weighted by Crippen LogP contribution is -2.01. The van der Waals surface area contributed by atoms with E-state index in [1.54, 1.807) is 24.5 Å². The van der Waals surface area contributed by atoms with Crippen molar-refractivity contribution in [2.75, 3.05) is 0 Å². The summed E-state index contributed by atoms with van der Waals surface area (Å²) in [5, 5.41) is 10.1. The molecule has 90 valence electrons. The van der Waals surface area contributed by atoms with Gasteiger partial charge in [-0.2, -0.15) is 0 Å². The predicted octanol–water partition coefficient (Wildman–Crippen LogP) is 2.50. The van der Waals surface area contributed by atoms with Gasteiger partial charge in [-0.15, -0.1) is 0 Å². The molecule has 3 aromatic rings. The molecule has 1 N–H and O–H groups in total. The van der Waals surface area contributed by atoms with Crippen molar-refractivity contribution in [3.63, 3.8) is 0 Å². The Morgan fingerprint density at radius 3 is 2.67 bits per heavy atom. The monoisotopic (exact) mass is 240 g/mol. The van der Waals surface area contributed by atoms with Crippen molar-refractivity contribution < 1.29 is 9.52 Å². The number of rotatable bonds is 3. The van der Waals surface area contributed by atoms with E-state index in [1.807, 2.05) is 24.3 Å². The van der Waals surface area contributed by atoms with Gasteiger partial charge in [0.2, 0.25) is 0 Å². The number of hydrogen-bond donors (Lipinski definition) is 1. The lowest BCUT2D eigenvalue weighted by Gasteiger charge is -2.07. The Bertz CT molecular complexity index is 616. The molecule has 0 bridgehead atoms. The van der Waals surface area contributed by atoms with Gasteiger partial charge in [-0.05, 0) is 29.8 Å². The van der Waals surface area contributed by atoms with Gasteiger partial charge >= 0.3 is 0 Å². The summed E-state index contributed by atoms with van der Waals surface area (Å²) < 4.78 is 5.57. The predicted molar refractivity (Wildman–Crippen MR) is 66.9 cm³/mol. The maximum absolute atomic E-state index is 10.1. The molecule has 4 heteroatoms. The van der Waals surface area contributed by atoms with E-state index in [-0.39, 0.29) is 0 Å². The van der Waals surface area contributed by atoms with Crippen LogP contribution in [0.1, 0.15) is 17.6 Å². The Labute approximate surface area is 104 Å². The Hall–Kier alpha value is -2.20. The lowest BCUT2D eigenvalue weighted by atomic mass is 10.1. The summed E-state index contributed by atoms with van der Waals surface area (Å²) in [5.41, 5.74) is 2.37. The quantitative estimate of drug-likeness (QED) is 0.764. The molecule has 0 saturated heterocycles. The van der Waals surface area contributed by atoms with Crippen LogP contribution in [0.4, 0.5) is 0 Å². The molecule has 18 heavy (non-hydrogen) atoms. The van der Waals surface area contributed by atoms with Gasteiger partial charge in [0.05, 0.1) is 12.5 Å². The van der Waals surface area contributed by atoms with Crippen molar-refractivity contribution in [1.82, 2.24) is 9.97 Å². The Morgan fingerprint density at radius 1 is 1.11 bits per heavy atom. The van der Waals surface area contributed by atoms with Gasteiger partial charge in [-0.3, -0.25) is 4.98 Å². The lowest BCUT2D eigenvalue weighted by molar-refractivity contribution is 0.169. The van der Waals surface area contributed by atoms with Crippen molar-refractivity contribution in [2.24, 2.45) is 0 Å². The minimum atomic E-state index is -0.624. The molecule has 1 atom stereocenters. The Balaban J connectivity index is 1.84. The van der Waals surface area contributed by atoms with Crippen LogP contribution in [0.15, 0.2) is 53.2 Å². The van der Waals surface area contributed by atoms with Gasteiger partial charge in [-0.1, -0.05) is 12.1 Å². The second-order valence-electron chi connectivity index (χ2n) is 4.08. The van der Waals surface area contributed by atoms with E-state index in [9.17, 15) is 5.11 Å². The van der Waals surface area contributed by atoms with Crippen LogP contribution in [0, 0.1) is 0 Å². The molecule has 0 amide bonds. The van der Waals surface area contributed by atoms with Crippen LogP contribution in [0.3, 0.4) is 0 Å². The number of aliphatic hydroxyl groups excluding tert-OH is 1. The number of fused-ring (bicyclic) bond motifs is 1. The number of benzene rings is 1. The first-order valence-corrected chi connectivity index (χ1v) is 5.75. The molecule has 1 unspecified atom stereocenters. The van der Waals surface area contributed by atoms with Crippen LogP contribution in [0.2, 0.25) is 0 Å². The minimum absolute atomic E-state index is 0.360. The number of oxazole rings is 1. The molecule has 2 aromatic heterocycles. The van der Waals surface area contributed by atoms with E-state index in [1.165, 1.54) is 0 Å². The number of aliphatic hydroxyl groups is 1. The average molecular weight is 240 g/mol. The molecule has 0 radical (unpaired) electrons. The molecule has 2 heterocycles. The van der Waals surface area contributed by atoms with Crippen LogP contribution >= 0.6 is 0 Å². The number of nitrogens with zero attached hydrogens (tertiary/aromatic N) is 2. The summed E-state index contributed by atoms with van der Waals surface area (Å²) in [4.78, 5) is 8.26. The smallest absolute Gasteiger partial charge is 0.198 e. The van der Waals surface area contributed by atoms with Gasteiger partial charge in [0.15, 0.2) is 11.5 Å². The summed E-state index contributed by atoms with van der Waals surface area (Å²) in [6, 6.07) is 11.1. The zero-order chi connectivity index (χ0) is 12.4.